The third-order valence-electron chi connectivity index (χ3n) is 2.39. The zero-order valence-corrected chi connectivity index (χ0v) is 12.0. The average Bonchev–Trinajstić information content (AvgIpc) is 2.28. The molecule has 5 heteroatoms. The Kier molecular flexibility index (Phi) is 6.05. The van der Waals surface area contributed by atoms with Crippen LogP contribution in [0.3, 0.4) is 0 Å². The first-order valence-corrected chi connectivity index (χ1v) is 5.78. The molecule has 1 aromatic carbocycles. The van der Waals surface area contributed by atoms with Crippen LogP contribution in [0.4, 0.5) is 0 Å². The lowest BCUT2D eigenvalue weighted by molar-refractivity contribution is -0.125. The van der Waals surface area contributed by atoms with Crippen molar-refractivity contribution < 1.29 is 19.4 Å². The molecule has 0 radical (unpaired) electrons. The predicted molar refractivity (Wildman–Crippen MR) is 73.3 cm³/mol. The van der Waals surface area contributed by atoms with Gasteiger partial charge < -0.3 is 15.6 Å². The van der Waals surface area contributed by atoms with Gasteiger partial charge in [-0.1, -0.05) is 32.9 Å². The maximum atomic E-state index is 10.7. The molecule has 0 bridgehead atoms. The Morgan fingerprint density at radius 3 is 2.00 bits per heavy atom. The summed E-state index contributed by atoms with van der Waals surface area (Å²) in [4.78, 5) is 20.9. The average molecular weight is 267 g/mol. The van der Waals surface area contributed by atoms with E-state index in [4.69, 9.17) is 15.6 Å². The summed E-state index contributed by atoms with van der Waals surface area (Å²) in [7, 11) is 1.47. The molecule has 1 amide bonds. The second-order valence-electron chi connectivity index (χ2n) is 5.08. The fraction of sp³-hybridized carbons (Fsp3) is 0.429. The van der Waals surface area contributed by atoms with E-state index in [1.54, 1.807) is 26.8 Å². The fourth-order valence-electron chi connectivity index (χ4n) is 1.09. The zero-order chi connectivity index (χ0) is 15.2. The van der Waals surface area contributed by atoms with E-state index in [-0.39, 0.29) is 16.9 Å². The SMILES string of the molecule is CC(C)(C)C(N)=O.COc1c(C)cccc1C(=O)O. The summed E-state index contributed by atoms with van der Waals surface area (Å²) >= 11 is 0. The van der Waals surface area contributed by atoms with Gasteiger partial charge in [0.2, 0.25) is 5.91 Å². The van der Waals surface area contributed by atoms with E-state index in [1.807, 2.05) is 13.0 Å². The largest absolute Gasteiger partial charge is 0.496 e. The fourth-order valence-corrected chi connectivity index (χ4v) is 1.09. The van der Waals surface area contributed by atoms with E-state index in [1.165, 1.54) is 13.2 Å². The third kappa shape index (κ3) is 5.42. The molecule has 0 aliphatic rings. The molecule has 0 aromatic heterocycles. The van der Waals surface area contributed by atoms with E-state index in [2.05, 4.69) is 0 Å². The number of rotatable bonds is 2. The number of carboxylic acid groups (broad SMARTS) is 1. The van der Waals surface area contributed by atoms with Gasteiger partial charge in [0.25, 0.3) is 0 Å². The minimum atomic E-state index is -0.962. The van der Waals surface area contributed by atoms with Crippen molar-refractivity contribution in [2.45, 2.75) is 27.7 Å². The summed E-state index contributed by atoms with van der Waals surface area (Å²) in [5, 5.41) is 8.74. The van der Waals surface area contributed by atoms with Gasteiger partial charge in [-0.25, -0.2) is 4.79 Å². The van der Waals surface area contributed by atoms with Gasteiger partial charge in [0.1, 0.15) is 11.3 Å². The Labute approximate surface area is 113 Å². The van der Waals surface area contributed by atoms with Gasteiger partial charge in [0, 0.05) is 5.41 Å². The topological polar surface area (TPSA) is 89.6 Å². The van der Waals surface area contributed by atoms with E-state index in [0.717, 1.165) is 5.56 Å². The second-order valence-corrected chi connectivity index (χ2v) is 5.08. The Morgan fingerprint density at radius 2 is 1.74 bits per heavy atom. The third-order valence-corrected chi connectivity index (χ3v) is 2.39. The molecule has 0 heterocycles. The Bertz CT molecular complexity index is 461. The first-order valence-electron chi connectivity index (χ1n) is 5.78. The molecule has 1 aromatic rings. The smallest absolute Gasteiger partial charge is 0.339 e. The van der Waals surface area contributed by atoms with Gasteiger partial charge in [0.05, 0.1) is 7.11 Å². The first-order chi connectivity index (χ1) is 8.61. The van der Waals surface area contributed by atoms with Crippen LogP contribution in [0, 0.1) is 12.3 Å². The molecule has 0 aliphatic carbocycles. The lowest BCUT2D eigenvalue weighted by Gasteiger charge is -2.10. The van der Waals surface area contributed by atoms with Crippen molar-refractivity contribution in [2.24, 2.45) is 11.1 Å². The number of para-hydroxylation sites is 1. The number of carbonyl (C=O) groups is 2. The van der Waals surface area contributed by atoms with E-state index < -0.39 is 5.97 Å². The molecule has 0 aliphatic heterocycles. The van der Waals surface area contributed by atoms with Gasteiger partial charge in [0.15, 0.2) is 0 Å². The Hall–Kier alpha value is -2.04. The van der Waals surface area contributed by atoms with Gasteiger partial charge in [-0.05, 0) is 18.6 Å². The molecule has 0 spiro atoms. The molecule has 1 rings (SSSR count). The van der Waals surface area contributed by atoms with Crippen LogP contribution in [0.1, 0.15) is 36.7 Å². The number of aryl methyl sites for hydroxylation is 1. The lowest BCUT2D eigenvalue weighted by atomic mass is 9.96. The van der Waals surface area contributed by atoms with Gasteiger partial charge in [-0.2, -0.15) is 0 Å². The molecule has 5 nitrogen and oxygen atoms in total. The number of carbonyl (C=O) groups excluding carboxylic acids is 1. The molecule has 0 atom stereocenters. The lowest BCUT2D eigenvalue weighted by Crippen LogP contribution is -2.27. The maximum Gasteiger partial charge on any atom is 0.339 e. The van der Waals surface area contributed by atoms with Crippen LogP contribution in [-0.2, 0) is 4.79 Å². The highest BCUT2D eigenvalue weighted by Crippen LogP contribution is 2.22. The van der Waals surface area contributed by atoms with Crippen molar-refractivity contribution in [1.29, 1.82) is 0 Å². The molecule has 3 N–H and O–H groups in total. The summed E-state index contributed by atoms with van der Waals surface area (Å²) in [5.74, 6) is -0.784. The highest BCUT2D eigenvalue weighted by molar-refractivity contribution is 5.91. The number of aromatic carboxylic acids is 1. The van der Waals surface area contributed by atoms with Crippen molar-refractivity contribution in [2.75, 3.05) is 7.11 Å². The highest BCUT2D eigenvalue weighted by Gasteiger charge is 2.16. The normalized spacial score (nSPS) is 10.2. The van der Waals surface area contributed by atoms with Gasteiger partial charge in [-0.3, -0.25) is 4.79 Å². The minimum Gasteiger partial charge on any atom is -0.496 e. The van der Waals surface area contributed by atoms with E-state index in [9.17, 15) is 9.59 Å². The summed E-state index contributed by atoms with van der Waals surface area (Å²) in [6.07, 6.45) is 0. The Balaban J connectivity index is 0.000000399. The van der Waals surface area contributed by atoms with E-state index in [0.29, 0.717) is 5.75 Å². The summed E-state index contributed by atoms with van der Waals surface area (Å²) < 4.78 is 4.96. The van der Waals surface area contributed by atoms with Crippen molar-refractivity contribution in [3.05, 3.63) is 29.3 Å². The zero-order valence-electron chi connectivity index (χ0n) is 12.0. The van der Waals surface area contributed by atoms with Crippen LogP contribution in [-0.4, -0.2) is 24.1 Å². The van der Waals surface area contributed by atoms with Crippen LogP contribution in [0.15, 0.2) is 18.2 Å². The number of hydrogen-bond acceptors (Lipinski definition) is 3. The quantitative estimate of drug-likeness (QED) is 0.859. The van der Waals surface area contributed by atoms with Gasteiger partial charge in [-0.15, -0.1) is 0 Å². The number of ether oxygens (including phenoxy) is 1. The molecule has 106 valence electrons. The first kappa shape index (κ1) is 17.0. The number of methoxy groups -OCH3 is 1. The minimum absolute atomic E-state index is 0.206. The standard InChI is InChI=1S/C9H10O3.C5H11NO/c1-6-4-3-5-7(9(10)11)8(6)12-2;1-5(2,3)4(6)7/h3-5H,1-2H3,(H,10,11);1-3H3,(H2,6,7). The highest BCUT2D eigenvalue weighted by atomic mass is 16.5. The number of hydrogen-bond donors (Lipinski definition) is 2. The van der Waals surface area contributed by atoms with Crippen molar-refractivity contribution in [3.8, 4) is 5.75 Å². The number of primary amides is 1. The van der Waals surface area contributed by atoms with Crippen LogP contribution in [0.5, 0.6) is 5.75 Å². The van der Waals surface area contributed by atoms with Gasteiger partial charge >= 0.3 is 5.97 Å². The molecular weight excluding hydrogens is 246 g/mol. The van der Waals surface area contributed by atoms with Crippen LogP contribution in [0.25, 0.3) is 0 Å². The van der Waals surface area contributed by atoms with Crippen LogP contribution in [0.2, 0.25) is 0 Å². The van der Waals surface area contributed by atoms with E-state index >= 15 is 0 Å². The number of carboxylic acids is 1. The molecule has 0 unspecified atom stereocenters. The van der Waals surface area contributed by atoms with Crippen LogP contribution >= 0.6 is 0 Å². The number of nitrogens with two attached hydrogens (primary N) is 1. The predicted octanol–water partition coefficient (Wildman–Crippen LogP) is 2.22. The summed E-state index contributed by atoms with van der Waals surface area (Å²) in [6, 6.07) is 5.03. The van der Waals surface area contributed by atoms with Crippen molar-refractivity contribution in [1.82, 2.24) is 0 Å². The molecule has 19 heavy (non-hydrogen) atoms. The van der Waals surface area contributed by atoms with Crippen LogP contribution < -0.4 is 10.5 Å². The number of amides is 1. The van der Waals surface area contributed by atoms with Crippen molar-refractivity contribution >= 4 is 11.9 Å². The molecular formula is C14H21NO4. The number of benzene rings is 1. The molecule has 0 fully saturated rings. The summed E-state index contributed by atoms with van der Waals surface area (Å²) in [6.45, 7) is 7.17. The molecule has 0 saturated heterocycles. The maximum absolute atomic E-state index is 10.7. The molecule has 0 saturated carbocycles. The Morgan fingerprint density at radius 1 is 1.26 bits per heavy atom. The summed E-state index contributed by atoms with van der Waals surface area (Å²) in [5.41, 5.74) is 5.61. The second kappa shape index (κ2) is 6.78. The van der Waals surface area contributed by atoms with Crippen molar-refractivity contribution in [3.63, 3.8) is 0 Å². The monoisotopic (exact) mass is 267 g/mol.